The Kier molecular flexibility index (Phi) is 4.04. The second-order valence-corrected chi connectivity index (χ2v) is 6.37. The number of carbonyl (C=O) groups is 1. The van der Waals surface area contributed by atoms with E-state index in [1.54, 1.807) is 0 Å². The number of aryl methyl sites for hydroxylation is 1. The van der Waals surface area contributed by atoms with Crippen molar-refractivity contribution in [1.29, 1.82) is 0 Å². The summed E-state index contributed by atoms with van der Waals surface area (Å²) in [6.45, 7) is 6.85. The summed E-state index contributed by atoms with van der Waals surface area (Å²) in [5.74, 6) is 3.32. The van der Waals surface area contributed by atoms with E-state index in [0.29, 0.717) is 13.1 Å². The van der Waals surface area contributed by atoms with Gasteiger partial charge in [-0.25, -0.2) is 0 Å². The van der Waals surface area contributed by atoms with E-state index >= 15 is 0 Å². The van der Waals surface area contributed by atoms with Gasteiger partial charge in [-0.3, -0.25) is 9.69 Å². The maximum atomic E-state index is 12.5. The van der Waals surface area contributed by atoms with Gasteiger partial charge in [-0.1, -0.05) is 6.07 Å². The zero-order chi connectivity index (χ0) is 17.4. The van der Waals surface area contributed by atoms with Crippen molar-refractivity contribution in [2.75, 3.05) is 13.3 Å². The lowest BCUT2D eigenvalue weighted by Gasteiger charge is -2.31. The highest BCUT2D eigenvalue weighted by atomic mass is 16.7. The number of nitrogens with zero attached hydrogens (tertiary/aromatic N) is 4. The summed E-state index contributed by atoms with van der Waals surface area (Å²) < 4.78 is 12.8. The van der Waals surface area contributed by atoms with Gasteiger partial charge in [-0.15, -0.1) is 10.2 Å². The molecule has 0 radical (unpaired) electrons. The molecule has 0 saturated heterocycles. The second kappa shape index (κ2) is 6.36. The molecule has 0 aliphatic carbocycles. The molecule has 1 aromatic heterocycles. The lowest BCUT2D eigenvalue weighted by Crippen LogP contribution is -2.48. The SMILES string of the molecule is Cc1nnc2n1CCN(C(C)C(=O)NCc1ccc3c(c1)OCO3)C2. The normalized spacial score (nSPS) is 17.2. The van der Waals surface area contributed by atoms with Crippen LogP contribution in [0.15, 0.2) is 18.2 Å². The van der Waals surface area contributed by atoms with Crippen molar-refractivity contribution in [3.63, 3.8) is 0 Å². The Balaban J connectivity index is 1.35. The predicted molar refractivity (Wildman–Crippen MR) is 89.0 cm³/mol. The molecule has 1 unspecified atom stereocenters. The van der Waals surface area contributed by atoms with Gasteiger partial charge in [0, 0.05) is 19.6 Å². The molecule has 3 heterocycles. The second-order valence-electron chi connectivity index (χ2n) is 6.37. The van der Waals surface area contributed by atoms with Crippen LogP contribution in [0.4, 0.5) is 0 Å². The van der Waals surface area contributed by atoms with Gasteiger partial charge in [-0.05, 0) is 31.5 Å². The van der Waals surface area contributed by atoms with Gasteiger partial charge >= 0.3 is 0 Å². The van der Waals surface area contributed by atoms with Crippen LogP contribution >= 0.6 is 0 Å². The van der Waals surface area contributed by atoms with Crippen LogP contribution in [-0.2, 0) is 24.4 Å². The molecule has 132 valence electrons. The Bertz CT molecular complexity index is 804. The molecule has 4 rings (SSSR count). The molecule has 8 nitrogen and oxygen atoms in total. The van der Waals surface area contributed by atoms with E-state index in [2.05, 4.69) is 25.0 Å². The largest absolute Gasteiger partial charge is 0.454 e. The maximum absolute atomic E-state index is 12.5. The van der Waals surface area contributed by atoms with Gasteiger partial charge in [0.15, 0.2) is 11.5 Å². The Hall–Kier alpha value is -2.61. The average molecular weight is 343 g/mol. The third kappa shape index (κ3) is 3.05. The summed E-state index contributed by atoms with van der Waals surface area (Å²) >= 11 is 0. The molecule has 2 aromatic rings. The quantitative estimate of drug-likeness (QED) is 0.886. The number of hydrogen-bond acceptors (Lipinski definition) is 6. The Morgan fingerprint density at radius 1 is 1.28 bits per heavy atom. The van der Waals surface area contributed by atoms with Crippen LogP contribution in [0.25, 0.3) is 0 Å². The first-order chi connectivity index (χ1) is 12.1. The molecule has 0 saturated carbocycles. The van der Waals surface area contributed by atoms with Crippen LogP contribution in [-0.4, -0.2) is 45.0 Å². The predicted octanol–water partition coefficient (Wildman–Crippen LogP) is 0.836. The number of amides is 1. The molecule has 8 heteroatoms. The molecule has 1 N–H and O–H groups in total. The van der Waals surface area contributed by atoms with Crippen molar-refractivity contribution in [2.45, 2.75) is 39.5 Å². The number of nitrogens with one attached hydrogen (secondary N) is 1. The van der Waals surface area contributed by atoms with Crippen molar-refractivity contribution in [2.24, 2.45) is 0 Å². The first kappa shape index (κ1) is 15.9. The smallest absolute Gasteiger partial charge is 0.237 e. The summed E-state index contributed by atoms with van der Waals surface area (Å²) in [7, 11) is 0. The van der Waals surface area contributed by atoms with Crippen LogP contribution in [0.5, 0.6) is 11.5 Å². The van der Waals surface area contributed by atoms with Gasteiger partial charge in [-0.2, -0.15) is 0 Å². The minimum atomic E-state index is -0.222. The number of aromatic nitrogens is 3. The highest BCUT2D eigenvalue weighted by molar-refractivity contribution is 5.81. The van der Waals surface area contributed by atoms with Gasteiger partial charge < -0.3 is 19.4 Å². The monoisotopic (exact) mass is 343 g/mol. The highest BCUT2D eigenvalue weighted by Crippen LogP contribution is 2.32. The molecule has 1 atom stereocenters. The maximum Gasteiger partial charge on any atom is 0.237 e. The molecular weight excluding hydrogens is 322 g/mol. The minimum Gasteiger partial charge on any atom is -0.454 e. The Morgan fingerprint density at radius 2 is 2.12 bits per heavy atom. The average Bonchev–Trinajstić information content (AvgIpc) is 3.25. The van der Waals surface area contributed by atoms with Crippen molar-refractivity contribution in [1.82, 2.24) is 25.0 Å². The molecule has 25 heavy (non-hydrogen) atoms. The molecule has 2 aliphatic heterocycles. The van der Waals surface area contributed by atoms with Crippen LogP contribution in [0.1, 0.15) is 24.1 Å². The van der Waals surface area contributed by atoms with E-state index in [0.717, 1.165) is 41.8 Å². The van der Waals surface area contributed by atoms with Crippen molar-refractivity contribution in [3.8, 4) is 11.5 Å². The van der Waals surface area contributed by atoms with Gasteiger partial charge in [0.2, 0.25) is 12.7 Å². The lowest BCUT2D eigenvalue weighted by molar-refractivity contribution is -0.126. The molecule has 1 amide bonds. The van der Waals surface area contributed by atoms with E-state index in [1.807, 2.05) is 32.0 Å². The topological polar surface area (TPSA) is 81.5 Å². The lowest BCUT2D eigenvalue weighted by atomic mass is 10.2. The van der Waals surface area contributed by atoms with Gasteiger partial charge in [0.25, 0.3) is 0 Å². The van der Waals surface area contributed by atoms with Crippen LogP contribution in [0.2, 0.25) is 0 Å². The molecule has 2 aliphatic rings. The van der Waals surface area contributed by atoms with E-state index < -0.39 is 0 Å². The van der Waals surface area contributed by atoms with Crippen molar-refractivity contribution < 1.29 is 14.3 Å². The third-order valence-corrected chi connectivity index (χ3v) is 4.80. The summed E-state index contributed by atoms with van der Waals surface area (Å²) in [6, 6.07) is 5.48. The van der Waals surface area contributed by atoms with Crippen molar-refractivity contribution >= 4 is 5.91 Å². The fourth-order valence-electron chi connectivity index (χ4n) is 3.21. The number of fused-ring (bicyclic) bond motifs is 2. The zero-order valence-electron chi connectivity index (χ0n) is 14.4. The zero-order valence-corrected chi connectivity index (χ0v) is 14.4. The van der Waals surface area contributed by atoms with Crippen LogP contribution in [0.3, 0.4) is 0 Å². The minimum absolute atomic E-state index is 0.00218. The van der Waals surface area contributed by atoms with E-state index in [-0.39, 0.29) is 18.7 Å². The summed E-state index contributed by atoms with van der Waals surface area (Å²) in [4.78, 5) is 14.6. The number of benzene rings is 1. The highest BCUT2D eigenvalue weighted by Gasteiger charge is 2.27. The third-order valence-electron chi connectivity index (χ3n) is 4.80. The molecular formula is C17H21N5O3. The number of ether oxygens (including phenoxy) is 2. The summed E-state index contributed by atoms with van der Waals surface area (Å²) in [5, 5.41) is 11.3. The fraction of sp³-hybridized carbons (Fsp3) is 0.471. The van der Waals surface area contributed by atoms with Crippen molar-refractivity contribution in [3.05, 3.63) is 35.4 Å². The van der Waals surface area contributed by atoms with E-state index in [9.17, 15) is 4.79 Å². The fourth-order valence-corrected chi connectivity index (χ4v) is 3.21. The number of rotatable bonds is 4. The Labute approximate surface area is 145 Å². The standard InChI is InChI=1S/C17H21N5O3/c1-11(21-5-6-22-12(2)19-20-16(22)9-21)17(23)18-8-13-3-4-14-15(7-13)25-10-24-14/h3-4,7,11H,5-6,8-10H2,1-2H3,(H,18,23). The number of carbonyl (C=O) groups excluding carboxylic acids is 1. The van der Waals surface area contributed by atoms with Gasteiger partial charge in [0.1, 0.15) is 11.6 Å². The summed E-state index contributed by atoms with van der Waals surface area (Å²) in [6.07, 6.45) is 0. The van der Waals surface area contributed by atoms with E-state index in [1.165, 1.54) is 0 Å². The van der Waals surface area contributed by atoms with Gasteiger partial charge in [0.05, 0.1) is 12.6 Å². The molecule has 1 aromatic carbocycles. The molecule has 0 spiro atoms. The first-order valence-electron chi connectivity index (χ1n) is 8.41. The molecule has 0 bridgehead atoms. The molecule has 0 fully saturated rings. The van der Waals surface area contributed by atoms with Crippen LogP contribution in [0, 0.1) is 6.92 Å². The van der Waals surface area contributed by atoms with Crippen LogP contribution < -0.4 is 14.8 Å². The first-order valence-corrected chi connectivity index (χ1v) is 8.41. The summed E-state index contributed by atoms with van der Waals surface area (Å²) in [5.41, 5.74) is 0.985. The van der Waals surface area contributed by atoms with E-state index in [4.69, 9.17) is 9.47 Å². The Morgan fingerprint density at radius 3 is 3.00 bits per heavy atom. The number of hydrogen-bond donors (Lipinski definition) is 1.